The number of carbonyl (C=O) groups is 3. The fourth-order valence-corrected chi connectivity index (χ4v) is 3.70. The zero-order valence-corrected chi connectivity index (χ0v) is 15.8. The van der Waals surface area contributed by atoms with Gasteiger partial charge in [0.1, 0.15) is 5.54 Å². The van der Waals surface area contributed by atoms with Gasteiger partial charge in [-0.05, 0) is 49.8 Å². The van der Waals surface area contributed by atoms with Gasteiger partial charge in [0.15, 0.2) is 11.6 Å². The first-order valence-corrected chi connectivity index (χ1v) is 9.18. The number of halogens is 2. The summed E-state index contributed by atoms with van der Waals surface area (Å²) < 4.78 is 32.2. The first kappa shape index (κ1) is 20.0. The number of amides is 4. The predicted octanol–water partition coefficient (Wildman–Crippen LogP) is 2.06. The second kappa shape index (κ2) is 7.73. The Kier molecular flexibility index (Phi) is 5.53. The summed E-state index contributed by atoms with van der Waals surface area (Å²) in [6, 6.07) is 2.13. The van der Waals surface area contributed by atoms with Gasteiger partial charge >= 0.3 is 6.03 Å². The number of nitrogens with one attached hydrogen (secondary N) is 2. The van der Waals surface area contributed by atoms with E-state index in [1.807, 2.05) is 0 Å². The minimum atomic E-state index is -1.08. The molecule has 0 bridgehead atoms. The van der Waals surface area contributed by atoms with Gasteiger partial charge in [-0.25, -0.2) is 9.18 Å². The Morgan fingerprint density at radius 3 is 2.54 bits per heavy atom. The number of hydrogen-bond acceptors (Lipinski definition) is 4. The van der Waals surface area contributed by atoms with Gasteiger partial charge in [-0.2, -0.15) is 4.39 Å². The van der Waals surface area contributed by atoms with Crippen LogP contribution in [-0.2, 0) is 9.59 Å². The van der Waals surface area contributed by atoms with E-state index in [2.05, 4.69) is 10.6 Å². The lowest BCUT2D eigenvalue weighted by Crippen LogP contribution is -2.45. The number of ether oxygens (including phenoxy) is 1. The molecule has 4 amide bonds. The van der Waals surface area contributed by atoms with E-state index in [1.165, 1.54) is 19.2 Å². The first-order valence-electron chi connectivity index (χ1n) is 9.18. The number of carbonyl (C=O) groups excluding carboxylic acids is 3. The number of hydrogen-bond donors (Lipinski definition) is 2. The number of nitrogens with zero attached hydrogens (tertiary/aromatic N) is 1. The standard InChI is InChI=1S/C19H23F2N3O4/c1-19(17(26)22-18(27)23-19)6-3-15(25)24-7-4-11(5-8-24)12-9-13(20)16(21)14(10-12)28-2/h9-11H,3-8H2,1-2H3,(H2,22,23,26,27). The summed E-state index contributed by atoms with van der Waals surface area (Å²) >= 11 is 0. The largest absolute Gasteiger partial charge is 0.494 e. The third-order valence-corrected chi connectivity index (χ3v) is 5.51. The molecule has 152 valence electrons. The Morgan fingerprint density at radius 1 is 1.29 bits per heavy atom. The van der Waals surface area contributed by atoms with Crippen molar-refractivity contribution in [3.05, 3.63) is 29.3 Å². The predicted molar refractivity (Wildman–Crippen MR) is 95.8 cm³/mol. The topological polar surface area (TPSA) is 87.7 Å². The summed E-state index contributed by atoms with van der Waals surface area (Å²) in [4.78, 5) is 37.3. The molecule has 2 heterocycles. The van der Waals surface area contributed by atoms with Gasteiger partial charge in [-0.1, -0.05) is 0 Å². The number of likely N-dealkylation sites (tertiary alicyclic amines) is 1. The maximum absolute atomic E-state index is 13.7. The SMILES string of the molecule is COc1cc(C2CCN(C(=O)CCC3(C)NC(=O)NC3=O)CC2)cc(F)c1F. The van der Waals surface area contributed by atoms with Crippen LogP contribution in [0.15, 0.2) is 12.1 Å². The molecule has 2 saturated heterocycles. The Morgan fingerprint density at radius 2 is 1.96 bits per heavy atom. The summed E-state index contributed by atoms with van der Waals surface area (Å²) in [5, 5.41) is 4.71. The maximum Gasteiger partial charge on any atom is 0.322 e. The van der Waals surface area contributed by atoms with Gasteiger partial charge in [0.25, 0.3) is 5.91 Å². The van der Waals surface area contributed by atoms with Crippen LogP contribution in [0.2, 0.25) is 0 Å². The van der Waals surface area contributed by atoms with E-state index in [1.54, 1.807) is 11.8 Å². The smallest absolute Gasteiger partial charge is 0.322 e. The monoisotopic (exact) mass is 395 g/mol. The molecule has 0 aromatic heterocycles. The molecule has 0 spiro atoms. The molecule has 0 saturated carbocycles. The van der Waals surface area contributed by atoms with Gasteiger partial charge in [0.05, 0.1) is 7.11 Å². The fourth-order valence-electron chi connectivity index (χ4n) is 3.70. The van der Waals surface area contributed by atoms with Crippen LogP contribution in [0.25, 0.3) is 0 Å². The quantitative estimate of drug-likeness (QED) is 0.747. The average Bonchev–Trinajstić information content (AvgIpc) is 2.94. The van der Waals surface area contributed by atoms with Crippen LogP contribution in [0.4, 0.5) is 13.6 Å². The third kappa shape index (κ3) is 3.93. The second-order valence-corrected chi connectivity index (χ2v) is 7.41. The Labute approximate surface area is 161 Å². The lowest BCUT2D eigenvalue weighted by molar-refractivity contribution is -0.133. The number of benzene rings is 1. The molecule has 1 aromatic carbocycles. The molecule has 2 N–H and O–H groups in total. The summed E-state index contributed by atoms with van der Waals surface area (Å²) in [6.45, 7) is 2.56. The van der Waals surface area contributed by atoms with Gasteiger partial charge in [0, 0.05) is 19.5 Å². The molecule has 0 aliphatic carbocycles. The molecule has 1 aromatic rings. The lowest BCUT2D eigenvalue weighted by Gasteiger charge is -2.33. The van der Waals surface area contributed by atoms with Gasteiger partial charge in [-0.15, -0.1) is 0 Å². The van der Waals surface area contributed by atoms with Crippen molar-refractivity contribution >= 4 is 17.8 Å². The zero-order chi connectivity index (χ0) is 20.5. The van der Waals surface area contributed by atoms with E-state index in [0.717, 1.165) is 0 Å². The van der Waals surface area contributed by atoms with E-state index < -0.39 is 29.1 Å². The minimum absolute atomic E-state index is 0.00506. The van der Waals surface area contributed by atoms with Crippen molar-refractivity contribution in [3.8, 4) is 5.75 Å². The number of piperidine rings is 1. The molecule has 3 rings (SSSR count). The molecule has 1 atom stereocenters. The minimum Gasteiger partial charge on any atom is -0.494 e. The van der Waals surface area contributed by atoms with E-state index in [-0.39, 0.29) is 30.4 Å². The average molecular weight is 395 g/mol. The van der Waals surface area contributed by atoms with Crippen LogP contribution in [0, 0.1) is 11.6 Å². The molecular formula is C19H23F2N3O4. The van der Waals surface area contributed by atoms with Crippen LogP contribution >= 0.6 is 0 Å². The highest BCUT2D eigenvalue weighted by atomic mass is 19.2. The summed E-state index contributed by atoms with van der Waals surface area (Å²) in [6.07, 6.45) is 1.58. The number of rotatable bonds is 5. The molecule has 0 radical (unpaired) electrons. The van der Waals surface area contributed by atoms with Crippen LogP contribution in [-0.4, -0.2) is 48.5 Å². The van der Waals surface area contributed by atoms with Gasteiger partial charge in [-0.3, -0.25) is 14.9 Å². The van der Waals surface area contributed by atoms with Crippen molar-refractivity contribution in [2.24, 2.45) is 0 Å². The Balaban J connectivity index is 1.55. The molecule has 2 fully saturated rings. The second-order valence-electron chi connectivity index (χ2n) is 7.41. The number of urea groups is 1. The number of imide groups is 1. The molecule has 9 heteroatoms. The molecular weight excluding hydrogens is 372 g/mol. The lowest BCUT2D eigenvalue weighted by atomic mass is 9.88. The summed E-state index contributed by atoms with van der Waals surface area (Å²) in [5.74, 6) is -2.61. The van der Waals surface area contributed by atoms with Crippen molar-refractivity contribution in [2.75, 3.05) is 20.2 Å². The highest BCUT2D eigenvalue weighted by Gasteiger charge is 2.42. The Bertz CT molecular complexity index is 809. The van der Waals surface area contributed by atoms with Crippen molar-refractivity contribution in [1.29, 1.82) is 0 Å². The van der Waals surface area contributed by atoms with Gasteiger partial charge in [0.2, 0.25) is 11.7 Å². The van der Waals surface area contributed by atoms with Crippen LogP contribution in [0.3, 0.4) is 0 Å². The number of methoxy groups -OCH3 is 1. The van der Waals surface area contributed by atoms with Crippen molar-refractivity contribution in [1.82, 2.24) is 15.5 Å². The van der Waals surface area contributed by atoms with E-state index in [4.69, 9.17) is 4.74 Å². The van der Waals surface area contributed by atoms with Crippen molar-refractivity contribution in [2.45, 2.75) is 44.1 Å². The summed E-state index contributed by atoms with van der Waals surface area (Å²) in [7, 11) is 1.29. The van der Waals surface area contributed by atoms with Crippen LogP contribution in [0.1, 0.15) is 44.1 Å². The fraction of sp³-hybridized carbons (Fsp3) is 0.526. The highest BCUT2D eigenvalue weighted by molar-refractivity contribution is 6.06. The summed E-state index contributed by atoms with van der Waals surface area (Å²) in [5.41, 5.74) is -0.423. The highest BCUT2D eigenvalue weighted by Crippen LogP contribution is 2.33. The van der Waals surface area contributed by atoms with E-state index in [9.17, 15) is 23.2 Å². The van der Waals surface area contributed by atoms with E-state index >= 15 is 0 Å². The molecule has 2 aliphatic heterocycles. The van der Waals surface area contributed by atoms with Crippen LogP contribution < -0.4 is 15.4 Å². The first-order chi connectivity index (χ1) is 13.2. The molecule has 1 unspecified atom stereocenters. The van der Waals surface area contributed by atoms with E-state index in [0.29, 0.717) is 31.5 Å². The zero-order valence-electron chi connectivity index (χ0n) is 15.8. The molecule has 28 heavy (non-hydrogen) atoms. The third-order valence-electron chi connectivity index (χ3n) is 5.51. The van der Waals surface area contributed by atoms with Crippen molar-refractivity contribution in [3.63, 3.8) is 0 Å². The van der Waals surface area contributed by atoms with Gasteiger partial charge < -0.3 is 15.0 Å². The van der Waals surface area contributed by atoms with Crippen molar-refractivity contribution < 1.29 is 27.9 Å². The molecule has 2 aliphatic rings. The maximum atomic E-state index is 13.7. The van der Waals surface area contributed by atoms with Crippen LogP contribution in [0.5, 0.6) is 5.75 Å². The molecule has 7 nitrogen and oxygen atoms in total. The normalized spacial score (nSPS) is 22.8. The Hall–Kier alpha value is -2.71.